The molecule has 0 saturated carbocycles. The highest BCUT2D eigenvalue weighted by atomic mass is 79.9. The summed E-state index contributed by atoms with van der Waals surface area (Å²) in [5.41, 5.74) is 1.40. The molecule has 7 heteroatoms. The Balaban J connectivity index is 2.27. The zero-order chi connectivity index (χ0) is 14.8. The Morgan fingerprint density at radius 3 is 2.30 bits per heavy atom. The number of alkyl halides is 1. The van der Waals surface area contributed by atoms with E-state index in [1.807, 2.05) is 0 Å². The van der Waals surface area contributed by atoms with Gasteiger partial charge in [0.25, 0.3) is 10.0 Å². The molecular formula is C13H10BrCl2NO2S. The van der Waals surface area contributed by atoms with Crippen molar-refractivity contribution in [2.45, 2.75) is 10.8 Å². The molecule has 0 fully saturated rings. The maximum absolute atomic E-state index is 12.2. The fourth-order valence-corrected chi connectivity index (χ4v) is 3.43. The molecule has 0 radical (unpaired) electrons. The fourth-order valence-electron chi connectivity index (χ4n) is 1.52. The predicted molar refractivity (Wildman–Crippen MR) is 86.0 cm³/mol. The molecule has 0 spiro atoms. The molecule has 20 heavy (non-hydrogen) atoms. The number of nitrogens with one attached hydrogen (secondary N) is 1. The standard InChI is InChI=1S/C13H10BrCl2NO2S/c14-12-7-11(5-6-13(12)16)20(18,19)17-10-3-1-9(8-15)2-4-10/h1-7,17H,8H2. The molecule has 0 unspecified atom stereocenters. The average molecular weight is 395 g/mol. The van der Waals surface area contributed by atoms with E-state index in [9.17, 15) is 8.42 Å². The second-order valence-corrected chi connectivity index (χ2v) is 7.22. The van der Waals surface area contributed by atoms with Crippen LogP contribution in [-0.2, 0) is 15.9 Å². The molecule has 0 saturated heterocycles. The first-order chi connectivity index (χ1) is 9.42. The van der Waals surface area contributed by atoms with Gasteiger partial charge in [0.2, 0.25) is 0 Å². The monoisotopic (exact) mass is 393 g/mol. The Morgan fingerprint density at radius 1 is 1.10 bits per heavy atom. The number of halogens is 3. The van der Waals surface area contributed by atoms with E-state index in [-0.39, 0.29) is 4.90 Å². The molecule has 0 aliphatic carbocycles. The summed E-state index contributed by atoms with van der Waals surface area (Å²) in [4.78, 5) is 0.134. The van der Waals surface area contributed by atoms with Crippen molar-refractivity contribution in [3.63, 3.8) is 0 Å². The van der Waals surface area contributed by atoms with E-state index in [2.05, 4.69) is 20.7 Å². The first-order valence-corrected chi connectivity index (χ1v) is 8.74. The Labute approximate surface area is 136 Å². The van der Waals surface area contributed by atoms with Crippen LogP contribution in [0.25, 0.3) is 0 Å². The number of rotatable bonds is 4. The Morgan fingerprint density at radius 2 is 1.75 bits per heavy atom. The average Bonchev–Trinajstić information content (AvgIpc) is 2.42. The second-order valence-electron chi connectivity index (χ2n) is 4.01. The van der Waals surface area contributed by atoms with Crippen molar-refractivity contribution >= 4 is 54.8 Å². The topological polar surface area (TPSA) is 46.2 Å². The number of benzene rings is 2. The molecule has 1 N–H and O–H groups in total. The lowest BCUT2D eigenvalue weighted by Gasteiger charge is -2.09. The van der Waals surface area contributed by atoms with Gasteiger partial charge in [-0.15, -0.1) is 11.6 Å². The Bertz CT molecular complexity index is 718. The van der Waals surface area contributed by atoms with Gasteiger partial charge in [0.05, 0.1) is 9.92 Å². The summed E-state index contributed by atoms with van der Waals surface area (Å²) >= 11 is 14.7. The van der Waals surface area contributed by atoms with Gasteiger partial charge >= 0.3 is 0 Å². The number of hydrogen-bond acceptors (Lipinski definition) is 2. The van der Waals surface area contributed by atoms with E-state index in [4.69, 9.17) is 23.2 Å². The van der Waals surface area contributed by atoms with Crippen LogP contribution in [0.1, 0.15) is 5.56 Å². The van der Waals surface area contributed by atoms with Crippen molar-refractivity contribution < 1.29 is 8.42 Å². The number of anilines is 1. The Kier molecular flexibility index (Phi) is 4.96. The highest BCUT2D eigenvalue weighted by Gasteiger charge is 2.15. The number of sulfonamides is 1. The van der Waals surface area contributed by atoms with Crippen LogP contribution in [0, 0.1) is 0 Å². The lowest BCUT2D eigenvalue weighted by atomic mass is 10.2. The molecule has 3 nitrogen and oxygen atoms in total. The normalized spacial score (nSPS) is 11.3. The third-order valence-corrected chi connectivity index (χ3v) is 5.46. The van der Waals surface area contributed by atoms with Gasteiger partial charge < -0.3 is 0 Å². The van der Waals surface area contributed by atoms with Crippen molar-refractivity contribution in [2.24, 2.45) is 0 Å². The maximum atomic E-state index is 12.2. The minimum absolute atomic E-state index is 0.134. The van der Waals surface area contributed by atoms with Crippen molar-refractivity contribution in [1.82, 2.24) is 0 Å². The summed E-state index contributed by atoms with van der Waals surface area (Å²) in [5.74, 6) is 0.386. The highest BCUT2D eigenvalue weighted by Crippen LogP contribution is 2.26. The predicted octanol–water partition coefficient (Wildman–Crippen LogP) is 4.64. The van der Waals surface area contributed by atoms with Crippen LogP contribution in [0.15, 0.2) is 51.8 Å². The zero-order valence-electron chi connectivity index (χ0n) is 10.1. The van der Waals surface area contributed by atoms with E-state index in [0.29, 0.717) is 21.1 Å². The minimum atomic E-state index is -3.64. The third-order valence-electron chi connectivity index (χ3n) is 2.56. The van der Waals surface area contributed by atoms with Gasteiger partial charge in [0, 0.05) is 16.0 Å². The minimum Gasteiger partial charge on any atom is -0.280 e. The van der Waals surface area contributed by atoms with E-state index in [1.165, 1.54) is 18.2 Å². The molecular weight excluding hydrogens is 385 g/mol. The molecule has 0 heterocycles. The molecule has 0 atom stereocenters. The summed E-state index contributed by atoms with van der Waals surface area (Å²) in [6.07, 6.45) is 0. The van der Waals surface area contributed by atoms with Crippen LogP contribution in [0.3, 0.4) is 0 Å². The smallest absolute Gasteiger partial charge is 0.261 e. The van der Waals surface area contributed by atoms with Crippen LogP contribution < -0.4 is 4.72 Å². The van der Waals surface area contributed by atoms with Crippen molar-refractivity contribution in [1.29, 1.82) is 0 Å². The largest absolute Gasteiger partial charge is 0.280 e. The van der Waals surface area contributed by atoms with Crippen LogP contribution in [0.5, 0.6) is 0 Å². The molecule has 0 bridgehead atoms. The lowest BCUT2D eigenvalue weighted by Crippen LogP contribution is -2.12. The van der Waals surface area contributed by atoms with E-state index in [1.54, 1.807) is 24.3 Å². The molecule has 0 aliphatic rings. The van der Waals surface area contributed by atoms with Gasteiger partial charge in [-0.05, 0) is 51.8 Å². The third kappa shape index (κ3) is 3.67. The molecule has 0 aliphatic heterocycles. The molecule has 106 valence electrons. The summed E-state index contributed by atoms with van der Waals surface area (Å²) < 4.78 is 27.5. The Hall–Kier alpha value is -0.750. The summed E-state index contributed by atoms with van der Waals surface area (Å²) in [6, 6.07) is 11.3. The van der Waals surface area contributed by atoms with Gasteiger partial charge in [-0.25, -0.2) is 8.42 Å². The first-order valence-electron chi connectivity index (χ1n) is 5.55. The van der Waals surface area contributed by atoms with Crippen LogP contribution in [0.2, 0.25) is 5.02 Å². The SMILES string of the molecule is O=S(=O)(Nc1ccc(CCl)cc1)c1ccc(Cl)c(Br)c1. The van der Waals surface area contributed by atoms with Crippen LogP contribution in [-0.4, -0.2) is 8.42 Å². The lowest BCUT2D eigenvalue weighted by molar-refractivity contribution is 0.601. The summed E-state index contributed by atoms with van der Waals surface area (Å²) in [5, 5.41) is 0.454. The van der Waals surface area contributed by atoms with Crippen molar-refractivity contribution in [3.8, 4) is 0 Å². The van der Waals surface area contributed by atoms with Gasteiger partial charge in [0.1, 0.15) is 0 Å². The molecule has 2 aromatic carbocycles. The van der Waals surface area contributed by atoms with E-state index < -0.39 is 10.0 Å². The van der Waals surface area contributed by atoms with Gasteiger partial charge in [-0.2, -0.15) is 0 Å². The molecule has 0 amide bonds. The molecule has 2 rings (SSSR count). The number of hydrogen-bond donors (Lipinski definition) is 1. The highest BCUT2D eigenvalue weighted by molar-refractivity contribution is 9.10. The van der Waals surface area contributed by atoms with Crippen LogP contribution >= 0.6 is 39.1 Å². The van der Waals surface area contributed by atoms with Crippen LogP contribution in [0.4, 0.5) is 5.69 Å². The summed E-state index contributed by atoms with van der Waals surface area (Å²) in [6.45, 7) is 0. The van der Waals surface area contributed by atoms with Crippen molar-refractivity contribution in [3.05, 3.63) is 57.5 Å². The van der Waals surface area contributed by atoms with Gasteiger partial charge in [-0.1, -0.05) is 23.7 Å². The van der Waals surface area contributed by atoms with E-state index in [0.717, 1.165) is 5.56 Å². The van der Waals surface area contributed by atoms with E-state index >= 15 is 0 Å². The fraction of sp³-hybridized carbons (Fsp3) is 0.0769. The van der Waals surface area contributed by atoms with Crippen molar-refractivity contribution in [2.75, 3.05) is 4.72 Å². The maximum Gasteiger partial charge on any atom is 0.261 e. The quantitative estimate of drug-likeness (QED) is 0.767. The van der Waals surface area contributed by atoms with Gasteiger partial charge in [0.15, 0.2) is 0 Å². The summed E-state index contributed by atoms with van der Waals surface area (Å²) in [7, 11) is -3.64. The molecule has 2 aromatic rings. The molecule has 0 aromatic heterocycles. The van der Waals surface area contributed by atoms with Gasteiger partial charge in [-0.3, -0.25) is 4.72 Å². The first kappa shape index (κ1) is 15.6. The zero-order valence-corrected chi connectivity index (χ0v) is 14.0. The second kappa shape index (κ2) is 6.35.